The first-order valence-corrected chi connectivity index (χ1v) is 10.1. The zero-order valence-corrected chi connectivity index (χ0v) is 16.5. The maximum absolute atomic E-state index is 6.04. The van der Waals surface area contributed by atoms with Crippen LogP contribution in [0.4, 0.5) is 0 Å². The van der Waals surface area contributed by atoms with Gasteiger partial charge in [-0.3, -0.25) is 0 Å². The lowest BCUT2D eigenvalue weighted by atomic mass is 9.84. The first-order chi connectivity index (χ1) is 13.2. The Hall–Kier alpha value is -1.75. The molecular formula is C22H27ClN2O2. The molecule has 5 heteroatoms. The van der Waals surface area contributed by atoms with Gasteiger partial charge in [0.25, 0.3) is 0 Å². The molecule has 0 spiro atoms. The molecule has 0 saturated carbocycles. The van der Waals surface area contributed by atoms with Crippen LogP contribution in [-0.4, -0.2) is 37.7 Å². The fourth-order valence-corrected chi connectivity index (χ4v) is 4.39. The van der Waals surface area contributed by atoms with Crippen LogP contribution < -0.4 is 14.8 Å². The SMILES string of the molecule is COc1cc(CNC2CN3CCC2CC3)ccc1OCc1cccc(Cl)c1. The van der Waals surface area contributed by atoms with E-state index in [1.165, 1.54) is 38.0 Å². The molecular weight excluding hydrogens is 360 g/mol. The van der Waals surface area contributed by atoms with Gasteiger partial charge < -0.3 is 19.7 Å². The Bertz CT molecular complexity index is 775. The van der Waals surface area contributed by atoms with Crippen LogP contribution in [0.2, 0.25) is 5.02 Å². The number of halogens is 1. The van der Waals surface area contributed by atoms with Crippen molar-refractivity contribution in [3.05, 3.63) is 58.6 Å². The lowest BCUT2D eigenvalue weighted by molar-refractivity contribution is 0.0720. The lowest BCUT2D eigenvalue weighted by Gasteiger charge is -2.45. The van der Waals surface area contributed by atoms with Crippen LogP contribution in [0.1, 0.15) is 24.0 Å². The van der Waals surface area contributed by atoms with Crippen LogP contribution in [0.3, 0.4) is 0 Å². The normalized spacial score (nSPS) is 24.0. The summed E-state index contributed by atoms with van der Waals surface area (Å²) in [4.78, 5) is 2.57. The van der Waals surface area contributed by atoms with Gasteiger partial charge in [0.1, 0.15) is 6.61 Å². The third-order valence-electron chi connectivity index (χ3n) is 5.74. The Balaban J connectivity index is 1.36. The maximum Gasteiger partial charge on any atom is 0.161 e. The predicted molar refractivity (Wildman–Crippen MR) is 109 cm³/mol. The highest BCUT2D eigenvalue weighted by molar-refractivity contribution is 6.30. The number of nitrogens with zero attached hydrogens (tertiary/aromatic N) is 1. The third-order valence-corrected chi connectivity index (χ3v) is 5.97. The molecule has 144 valence electrons. The summed E-state index contributed by atoms with van der Waals surface area (Å²) in [7, 11) is 1.69. The molecule has 2 aromatic carbocycles. The second-order valence-electron chi connectivity index (χ2n) is 7.53. The second kappa shape index (κ2) is 8.51. The van der Waals surface area contributed by atoms with Gasteiger partial charge in [-0.05, 0) is 67.2 Å². The molecule has 1 N–H and O–H groups in total. The van der Waals surface area contributed by atoms with Gasteiger partial charge in [-0.2, -0.15) is 0 Å². The van der Waals surface area contributed by atoms with E-state index in [0.29, 0.717) is 12.6 Å². The minimum Gasteiger partial charge on any atom is -0.493 e. The molecule has 2 bridgehead atoms. The second-order valence-corrected chi connectivity index (χ2v) is 7.97. The summed E-state index contributed by atoms with van der Waals surface area (Å²) in [5, 5.41) is 4.47. The third kappa shape index (κ3) is 4.57. The number of methoxy groups -OCH3 is 1. The Morgan fingerprint density at radius 2 is 1.93 bits per heavy atom. The van der Waals surface area contributed by atoms with Gasteiger partial charge in [-0.15, -0.1) is 0 Å². The highest BCUT2D eigenvalue weighted by Crippen LogP contribution is 2.30. The Labute approximate surface area is 166 Å². The number of ether oxygens (including phenoxy) is 2. The number of benzene rings is 2. The minimum atomic E-state index is 0.466. The first-order valence-electron chi connectivity index (χ1n) is 9.71. The van der Waals surface area contributed by atoms with Crippen molar-refractivity contribution in [1.82, 2.24) is 10.2 Å². The zero-order chi connectivity index (χ0) is 18.6. The lowest BCUT2D eigenvalue weighted by Crippen LogP contribution is -2.55. The average Bonchev–Trinajstić information content (AvgIpc) is 2.72. The van der Waals surface area contributed by atoms with Crippen LogP contribution in [0.5, 0.6) is 11.5 Å². The van der Waals surface area contributed by atoms with E-state index in [1.54, 1.807) is 7.11 Å². The monoisotopic (exact) mass is 386 g/mol. The molecule has 5 rings (SSSR count). The van der Waals surface area contributed by atoms with Crippen LogP contribution in [0.25, 0.3) is 0 Å². The average molecular weight is 387 g/mol. The molecule has 2 aromatic rings. The van der Waals surface area contributed by atoms with Gasteiger partial charge in [-0.1, -0.05) is 29.8 Å². The predicted octanol–water partition coefficient (Wildman–Crippen LogP) is 4.11. The van der Waals surface area contributed by atoms with Crippen LogP contribution in [0.15, 0.2) is 42.5 Å². The van der Waals surface area contributed by atoms with Crippen LogP contribution in [-0.2, 0) is 13.2 Å². The molecule has 3 aliphatic heterocycles. The summed E-state index contributed by atoms with van der Waals surface area (Å²) in [6, 6.07) is 14.5. The highest BCUT2D eigenvalue weighted by atomic mass is 35.5. The number of fused-ring (bicyclic) bond motifs is 3. The van der Waals surface area contributed by atoms with Gasteiger partial charge >= 0.3 is 0 Å². The molecule has 1 atom stereocenters. The van der Waals surface area contributed by atoms with Crippen molar-refractivity contribution in [2.45, 2.75) is 32.0 Å². The summed E-state index contributed by atoms with van der Waals surface area (Å²) >= 11 is 6.04. The summed E-state index contributed by atoms with van der Waals surface area (Å²) in [6.07, 6.45) is 2.66. The molecule has 1 unspecified atom stereocenters. The summed E-state index contributed by atoms with van der Waals surface area (Å²) in [5.41, 5.74) is 2.26. The number of hydrogen-bond donors (Lipinski definition) is 1. The number of nitrogens with one attached hydrogen (secondary N) is 1. The first kappa shape index (κ1) is 18.6. The largest absolute Gasteiger partial charge is 0.493 e. The molecule has 27 heavy (non-hydrogen) atoms. The number of rotatable bonds is 7. The van der Waals surface area contributed by atoms with E-state index in [4.69, 9.17) is 21.1 Å². The smallest absolute Gasteiger partial charge is 0.161 e. The van der Waals surface area contributed by atoms with E-state index in [2.05, 4.69) is 22.3 Å². The van der Waals surface area contributed by atoms with Gasteiger partial charge in [0.05, 0.1) is 7.11 Å². The molecule has 4 nitrogen and oxygen atoms in total. The summed E-state index contributed by atoms with van der Waals surface area (Å²) < 4.78 is 11.5. The molecule has 3 heterocycles. The van der Waals surface area contributed by atoms with E-state index in [1.807, 2.05) is 30.3 Å². The Morgan fingerprint density at radius 1 is 1.07 bits per heavy atom. The summed E-state index contributed by atoms with van der Waals surface area (Å²) in [5.74, 6) is 2.35. The highest BCUT2D eigenvalue weighted by Gasteiger charge is 2.33. The van der Waals surface area contributed by atoms with Crippen molar-refractivity contribution in [3.63, 3.8) is 0 Å². The standard InChI is InChI=1S/C22H27ClN2O2/c1-26-22-12-16(13-24-20-14-25-9-7-18(20)8-10-25)5-6-21(22)27-15-17-3-2-4-19(23)11-17/h2-6,11-12,18,20,24H,7-10,13-15H2,1H3. The van der Waals surface area contributed by atoms with Crippen molar-refractivity contribution >= 4 is 11.6 Å². The minimum absolute atomic E-state index is 0.466. The van der Waals surface area contributed by atoms with E-state index >= 15 is 0 Å². The summed E-state index contributed by atoms with van der Waals surface area (Å²) in [6.45, 7) is 5.06. The van der Waals surface area contributed by atoms with Crippen molar-refractivity contribution in [2.24, 2.45) is 5.92 Å². The number of piperidine rings is 3. The van der Waals surface area contributed by atoms with E-state index in [0.717, 1.165) is 34.5 Å². The molecule has 3 aliphatic rings. The van der Waals surface area contributed by atoms with E-state index < -0.39 is 0 Å². The fourth-order valence-electron chi connectivity index (χ4n) is 4.17. The molecule has 3 fully saturated rings. The molecule has 0 aliphatic carbocycles. The van der Waals surface area contributed by atoms with E-state index in [9.17, 15) is 0 Å². The quantitative estimate of drug-likeness (QED) is 0.776. The Morgan fingerprint density at radius 3 is 2.63 bits per heavy atom. The van der Waals surface area contributed by atoms with Crippen LogP contribution in [0, 0.1) is 5.92 Å². The van der Waals surface area contributed by atoms with Crippen molar-refractivity contribution in [2.75, 3.05) is 26.7 Å². The molecule has 3 saturated heterocycles. The van der Waals surface area contributed by atoms with Gasteiger partial charge in [0.15, 0.2) is 11.5 Å². The zero-order valence-electron chi connectivity index (χ0n) is 15.8. The van der Waals surface area contributed by atoms with Gasteiger partial charge in [0.2, 0.25) is 0 Å². The fraction of sp³-hybridized carbons (Fsp3) is 0.455. The van der Waals surface area contributed by atoms with Gasteiger partial charge in [-0.25, -0.2) is 0 Å². The number of hydrogen-bond acceptors (Lipinski definition) is 4. The molecule has 0 radical (unpaired) electrons. The van der Waals surface area contributed by atoms with Gasteiger partial charge in [0, 0.05) is 24.2 Å². The molecule has 0 aromatic heterocycles. The molecule has 0 amide bonds. The van der Waals surface area contributed by atoms with Crippen molar-refractivity contribution < 1.29 is 9.47 Å². The van der Waals surface area contributed by atoms with E-state index in [-0.39, 0.29) is 0 Å². The van der Waals surface area contributed by atoms with Crippen molar-refractivity contribution in [1.29, 1.82) is 0 Å². The van der Waals surface area contributed by atoms with Crippen molar-refractivity contribution in [3.8, 4) is 11.5 Å². The topological polar surface area (TPSA) is 33.7 Å². The Kier molecular flexibility index (Phi) is 5.86. The van der Waals surface area contributed by atoms with Crippen LogP contribution >= 0.6 is 11.6 Å². The maximum atomic E-state index is 6.04.